The zero-order valence-corrected chi connectivity index (χ0v) is 9.68. The normalized spacial score (nSPS) is 13.4. The number of thiophene rings is 1. The van der Waals surface area contributed by atoms with E-state index < -0.39 is 0 Å². The highest BCUT2D eigenvalue weighted by atomic mass is 32.1. The Morgan fingerprint density at radius 1 is 1.50 bits per heavy atom. The van der Waals surface area contributed by atoms with E-state index in [2.05, 4.69) is 36.0 Å². The summed E-state index contributed by atoms with van der Waals surface area (Å²) in [6, 6.07) is 2.34. The van der Waals surface area contributed by atoms with Crippen molar-refractivity contribution in [1.29, 1.82) is 0 Å². The third kappa shape index (κ3) is 4.22. The van der Waals surface area contributed by atoms with E-state index in [9.17, 15) is 0 Å². The van der Waals surface area contributed by atoms with Crippen molar-refractivity contribution in [3.05, 3.63) is 22.4 Å². The maximum Gasteiger partial charge on any atom is 0.0584 e. The first-order valence-corrected chi connectivity index (χ1v) is 6.02. The zero-order chi connectivity index (χ0) is 10.4. The SMILES string of the molecule is CC(C)C[C@H](CO)NCc1ccsc1. The molecule has 1 atom stereocenters. The average molecular weight is 213 g/mol. The lowest BCUT2D eigenvalue weighted by molar-refractivity contribution is 0.223. The molecule has 0 saturated carbocycles. The Hall–Kier alpha value is -0.380. The second kappa shape index (κ2) is 6.17. The summed E-state index contributed by atoms with van der Waals surface area (Å²) >= 11 is 1.71. The van der Waals surface area contributed by atoms with E-state index in [0.717, 1.165) is 13.0 Å². The van der Waals surface area contributed by atoms with Crippen LogP contribution in [0, 0.1) is 5.92 Å². The van der Waals surface area contributed by atoms with Gasteiger partial charge in [0.2, 0.25) is 0 Å². The van der Waals surface area contributed by atoms with Gasteiger partial charge >= 0.3 is 0 Å². The van der Waals surface area contributed by atoms with Crippen molar-refractivity contribution in [2.24, 2.45) is 5.92 Å². The highest BCUT2D eigenvalue weighted by Gasteiger charge is 2.08. The van der Waals surface area contributed by atoms with Crippen LogP contribution in [0.15, 0.2) is 16.8 Å². The Morgan fingerprint density at radius 3 is 2.79 bits per heavy atom. The molecule has 0 unspecified atom stereocenters. The van der Waals surface area contributed by atoms with Gasteiger partial charge in [-0.25, -0.2) is 0 Å². The van der Waals surface area contributed by atoms with Crippen LogP contribution in [0.25, 0.3) is 0 Å². The number of rotatable bonds is 6. The molecule has 1 rings (SSSR count). The Labute approximate surface area is 90.0 Å². The van der Waals surface area contributed by atoms with Crippen LogP contribution in [0.3, 0.4) is 0 Å². The van der Waals surface area contributed by atoms with Gasteiger partial charge in [0.25, 0.3) is 0 Å². The molecule has 0 aromatic carbocycles. The largest absolute Gasteiger partial charge is 0.395 e. The molecule has 2 N–H and O–H groups in total. The summed E-state index contributed by atoms with van der Waals surface area (Å²) in [6.45, 7) is 5.44. The van der Waals surface area contributed by atoms with Crippen LogP contribution in [0.2, 0.25) is 0 Å². The lowest BCUT2D eigenvalue weighted by atomic mass is 10.0. The molecule has 1 aromatic rings. The van der Waals surface area contributed by atoms with E-state index in [0.29, 0.717) is 5.92 Å². The molecule has 0 spiro atoms. The summed E-state index contributed by atoms with van der Waals surface area (Å²) in [5.41, 5.74) is 1.30. The fraction of sp³-hybridized carbons (Fsp3) is 0.636. The van der Waals surface area contributed by atoms with Crippen molar-refractivity contribution in [3.63, 3.8) is 0 Å². The van der Waals surface area contributed by atoms with Crippen LogP contribution in [-0.2, 0) is 6.54 Å². The molecule has 0 saturated heterocycles. The van der Waals surface area contributed by atoms with Gasteiger partial charge < -0.3 is 10.4 Å². The van der Waals surface area contributed by atoms with Gasteiger partial charge in [-0.15, -0.1) is 0 Å². The molecule has 2 nitrogen and oxygen atoms in total. The molecule has 0 aliphatic carbocycles. The average Bonchev–Trinajstić information content (AvgIpc) is 2.64. The van der Waals surface area contributed by atoms with Crippen LogP contribution >= 0.6 is 11.3 Å². The zero-order valence-electron chi connectivity index (χ0n) is 8.86. The minimum absolute atomic E-state index is 0.225. The first kappa shape index (κ1) is 11.7. The van der Waals surface area contributed by atoms with Crippen LogP contribution in [-0.4, -0.2) is 17.8 Å². The molecule has 0 aliphatic heterocycles. The fourth-order valence-electron chi connectivity index (χ4n) is 1.45. The molecular weight excluding hydrogens is 194 g/mol. The third-order valence-electron chi connectivity index (χ3n) is 2.15. The highest BCUT2D eigenvalue weighted by molar-refractivity contribution is 7.07. The minimum Gasteiger partial charge on any atom is -0.395 e. The lowest BCUT2D eigenvalue weighted by Gasteiger charge is -2.17. The van der Waals surface area contributed by atoms with Crippen molar-refractivity contribution < 1.29 is 5.11 Å². The fourth-order valence-corrected chi connectivity index (χ4v) is 2.12. The van der Waals surface area contributed by atoms with Crippen LogP contribution in [0.1, 0.15) is 25.8 Å². The Balaban J connectivity index is 2.27. The van der Waals surface area contributed by atoms with Gasteiger partial charge in [-0.1, -0.05) is 13.8 Å². The van der Waals surface area contributed by atoms with Crippen LogP contribution < -0.4 is 5.32 Å². The summed E-state index contributed by atoms with van der Waals surface area (Å²) in [7, 11) is 0. The van der Waals surface area contributed by atoms with E-state index in [4.69, 9.17) is 5.11 Å². The van der Waals surface area contributed by atoms with Gasteiger partial charge in [0, 0.05) is 12.6 Å². The predicted molar refractivity (Wildman–Crippen MR) is 61.5 cm³/mol. The Kier molecular flexibility index (Phi) is 5.15. The van der Waals surface area contributed by atoms with Gasteiger partial charge in [0.05, 0.1) is 6.61 Å². The summed E-state index contributed by atoms with van der Waals surface area (Å²) in [4.78, 5) is 0. The summed E-state index contributed by atoms with van der Waals surface area (Å²) in [5, 5.41) is 16.7. The summed E-state index contributed by atoms with van der Waals surface area (Å²) in [6.07, 6.45) is 1.03. The molecule has 3 heteroatoms. The van der Waals surface area contributed by atoms with Crippen molar-refractivity contribution in [1.82, 2.24) is 5.32 Å². The number of hydrogen-bond acceptors (Lipinski definition) is 3. The molecule has 1 aromatic heterocycles. The standard InChI is InChI=1S/C11H19NOS/c1-9(2)5-11(7-13)12-6-10-3-4-14-8-10/h3-4,8-9,11-13H,5-7H2,1-2H3/t11-/m1/s1. The summed E-state index contributed by atoms with van der Waals surface area (Å²) < 4.78 is 0. The molecule has 14 heavy (non-hydrogen) atoms. The number of aliphatic hydroxyl groups excluding tert-OH is 1. The molecule has 0 amide bonds. The van der Waals surface area contributed by atoms with E-state index in [-0.39, 0.29) is 12.6 Å². The molecule has 0 bridgehead atoms. The quantitative estimate of drug-likeness (QED) is 0.759. The number of aliphatic hydroxyl groups is 1. The van der Waals surface area contributed by atoms with E-state index in [1.807, 2.05) is 0 Å². The van der Waals surface area contributed by atoms with Crippen LogP contribution in [0.5, 0.6) is 0 Å². The van der Waals surface area contributed by atoms with Crippen molar-refractivity contribution in [2.45, 2.75) is 32.9 Å². The van der Waals surface area contributed by atoms with Gasteiger partial charge in [-0.05, 0) is 34.7 Å². The van der Waals surface area contributed by atoms with E-state index in [1.54, 1.807) is 11.3 Å². The van der Waals surface area contributed by atoms with Crippen LogP contribution in [0.4, 0.5) is 0 Å². The molecule has 1 heterocycles. The molecule has 0 aliphatic rings. The predicted octanol–water partition coefficient (Wildman–Crippen LogP) is 2.24. The lowest BCUT2D eigenvalue weighted by Crippen LogP contribution is -2.33. The van der Waals surface area contributed by atoms with Crippen molar-refractivity contribution >= 4 is 11.3 Å². The molecular formula is C11H19NOS. The van der Waals surface area contributed by atoms with Crippen molar-refractivity contribution in [2.75, 3.05) is 6.61 Å². The number of hydrogen-bond donors (Lipinski definition) is 2. The minimum atomic E-state index is 0.225. The van der Waals surface area contributed by atoms with Crippen molar-refractivity contribution in [3.8, 4) is 0 Å². The second-order valence-corrected chi connectivity index (χ2v) is 4.80. The Bertz CT molecular complexity index is 233. The first-order chi connectivity index (χ1) is 6.72. The van der Waals surface area contributed by atoms with Gasteiger partial charge in [-0.2, -0.15) is 11.3 Å². The smallest absolute Gasteiger partial charge is 0.0584 e. The van der Waals surface area contributed by atoms with E-state index >= 15 is 0 Å². The van der Waals surface area contributed by atoms with E-state index in [1.165, 1.54) is 5.56 Å². The van der Waals surface area contributed by atoms with Gasteiger partial charge in [0.15, 0.2) is 0 Å². The maximum absolute atomic E-state index is 9.14. The molecule has 0 fully saturated rings. The van der Waals surface area contributed by atoms with Gasteiger partial charge in [0.1, 0.15) is 0 Å². The molecule has 80 valence electrons. The molecule has 0 radical (unpaired) electrons. The maximum atomic E-state index is 9.14. The second-order valence-electron chi connectivity index (χ2n) is 4.02. The first-order valence-electron chi connectivity index (χ1n) is 5.07. The topological polar surface area (TPSA) is 32.3 Å². The van der Waals surface area contributed by atoms with Gasteiger partial charge in [-0.3, -0.25) is 0 Å². The monoisotopic (exact) mass is 213 g/mol. The highest BCUT2D eigenvalue weighted by Crippen LogP contribution is 2.08. The third-order valence-corrected chi connectivity index (χ3v) is 2.88. The Morgan fingerprint density at radius 2 is 2.29 bits per heavy atom. The summed E-state index contributed by atoms with van der Waals surface area (Å²) in [5.74, 6) is 0.627. The number of nitrogens with one attached hydrogen (secondary N) is 1.